The highest BCUT2D eigenvalue weighted by Crippen LogP contribution is 2.30. The lowest BCUT2D eigenvalue weighted by Gasteiger charge is -2.24. The van der Waals surface area contributed by atoms with E-state index < -0.39 is 0 Å². The molecule has 0 saturated heterocycles. The smallest absolute Gasteiger partial charge is 0.149 e. The predicted octanol–water partition coefficient (Wildman–Crippen LogP) is 2.79. The fourth-order valence-electron chi connectivity index (χ4n) is 1.78. The molecule has 1 aromatic heterocycles. The zero-order valence-electron chi connectivity index (χ0n) is 8.06. The predicted molar refractivity (Wildman–Crippen MR) is 60.8 cm³/mol. The second kappa shape index (κ2) is 5.14. The summed E-state index contributed by atoms with van der Waals surface area (Å²) in [5.74, 6) is 1.95. The Kier molecular flexibility index (Phi) is 3.84. The van der Waals surface area contributed by atoms with Crippen molar-refractivity contribution < 1.29 is 5.11 Å². The number of hydrogen-bond acceptors (Lipinski definition) is 4. The Hall–Kier alpha value is -0.0600. The number of aliphatic hydroxyl groups excluding tert-OH is 1. The number of rotatable bonds is 3. The third-order valence-corrected chi connectivity index (χ3v) is 4.87. The lowest BCUT2D eigenvalue weighted by Crippen LogP contribution is -2.19. The van der Waals surface area contributed by atoms with Crippen LogP contribution in [0.4, 0.5) is 0 Å². The molecule has 1 aromatic rings. The molecular weight excluding hydrogens is 214 g/mol. The standard InChI is InChI=1S/C10H15NOS2/c12-9-3-1-8(2-4-9)7-14-10-11-5-6-13-10/h5-6,8-9,12H,1-4,7H2. The van der Waals surface area contributed by atoms with Gasteiger partial charge in [0.15, 0.2) is 0 Å². The van der Waals surface area contributed by atoms with Gasteiger partial charge in [0.25, 0.3) is 0 Å². The van der Waals surface area contributed by atoms with Crippen molar-refractivity contribution in [2.45, 2.75) is 36.1 Å². The van der Waals surface area contributed by atoms with Gasteiger partial charge in [-0.3, -0.25) is 0 Å². The first-order valence-electron chi connectivity index (χ1n) is 5.05. The maximum Gasteiger partial charge on any atom is 0.149 e. The normalized spacial score (nSPS) is 27.8. The van der Waals surface area contributed by atoms with E-state index in [4.69, 9.17) is 0 Å². The summed E-state index contributed by atoms with van der Waals surface area (Å²) >= 11 is 3.58. The number of nitrogens with zero attached hydrogens (tertiary/aromatic N) is 1. The van der Waals surface area contributed by atoms with E-state index in [1.807, 2.05) is 23.3 Å². The summed E-state index contributed by atoms with van der Waals surface area (Å²) in [6.07, 6.45) is 6.17. The van der Waals surface area contributed by atoms with Crippen molar-refractivity contribution in [1.82, 2.24) is 4.98 Å². The molecule has 1 aliphatic rings. The molecule has 78 valence electrons. The van der Waals surface area contributed by atoms with Crippen molar-refractivity contribution >= 4 is 23.1 Å². The third-order valence-electron chi connectivity index (χ3n) is 2.67. The van der Waals surface area contributed by atoms with Gasteiger partial charge in [-0.05, 0) is 31.6 Å². The van der Waals surface area contributed by atoms with Gasteiger partial charge in [-0.15, -0.1) is 11.3 Å². The first kappa shape index (κ1) is 10.5. The van der Waals surface area contributed by atoms with Gasteiger partial charge in [0, 0.05) is 17.3 Å². The lowest BCUT2D eigenvalue weighted by molar-refractivity contribution is 0.113. The molecule has 4 heteroatoms. The van der Waals surface area contributed by atoms with E-state index in [1.165, 1.54) is 22.9 Å². The Morgan fingerprint density at radius 2 is 2.21 bits per heavy atom. The Bertz CT molecular complexity index is 255. The average molecular weight is 229 g/mol. The van der Waals surface area contributed by atoms with E-state index in [-0.39, 0.29) is 6.10 Å². The van der Waals surface area contributed by atoms with Crippen LogP contribution < -0.4 is 0 Å². The molecule has 1 saturated carbocycles. The highest BCUT2D eigenvalue weighted by atomic mass is 32.2. The molecule has 0 amide bonds. The van der Waals surface area contributed by atoms with Crippen LogP contribution >= 0.6 is 23.1 Å². The Morgan fingerprint density at radius 1 is 1.43 bits per heavy atom. The van der Waals surface area contributed by atoms with Crippen LogP contribution in [0.25, 0.3) is 0 Å². The average Bonchev–Trinajstić information content (AvgIpc) is 2.70. The monoisotopic (exact) mass is 229 g/mol. The van der Waals surface area contributed by atoms with Gasteiger partial charge in [-0.2, -0.15) is 0 Å². The van der Waals surface area contributed by atoms with Gasteiger partial charge in [-0.25, -0.2) is 4.98 Å². The van der Waals surface area contributed by atoms with Gasteiger partial charge >= 0.3 is 0 Å². The van der Waals surface area contributed by atoms with E-state index in [2.05, 4.69) is 4.98 Å². The van der Waals surface area contributed by atoms with Crippen LogP contribution in [0.1, 0.15) is 25.7 Å². The molecule has 0 bridgehead atoms. The van der Waals surface area contributed by atoms with E-state index in [0.29, 0.717) is 0 Å². The van der Waals surface area contributed by atoms with E-state index in [9.17, 15) is 5.11 Å². The highest BCUT2D eigenvalue weighted by Gasteiger charge is 2.19. The SMILES string of the molecule is OC1CCC(CSc2nccs2)CC1. The largest absolute Gasteiger partial charge is 0.393 e. The van der Waals surface area contributed by atoms with Crippen molar-refractivity contribution in [3.63, 3.8) is 0 Å². The summed E-state index contributed by atoms with van der Waals surface area (Å²) in [5, 5.41) is 11.4. The van der Waals surface area contributed by atoms with Crippen LogP contribution in [0.5, 0.6) is 0 Å². The molecule has 1 fully saturated rings. The molecule has 1 N–H and O–H groups in total. The van der Waals surface area contributed by atoms with Crippen molar-refractivity contribution in [3.8, 4) is 0 Å². The van der Waals surface area contributed by atoms with Crippen molar-refractivity contribution in [2.75, 3.05) is 5.75 Å². The summed E-state index contributed by atoms with van der Waals surface area (Å²) < 4.78 is 1.18. The molecule has 0 spiro atoms. The summed E-state index contributed by atoms with van der Waals surface area (Å²) in [4.78, 5) is 4.25. The topological polar surface area (TPSA) is 33.1 Å². The van der Waals surface area contributed by atoms with Gasteiger partial charge in [0.05, 0.1) is 6.10 Å². The van der Waals surface area contributed by atoms with E-state index in [1.54, 1.807) is 11.3 Å². The maximum absolute atomic E-state index is 9.36. The maximum atomic E-state index is 9.36. The van der Waals surface area contributed by atoms with Gasteiger partial charge in [-0.1, -0.05) is 11.8 Å². The van der Waals surface area contributed by atoms with Gasteiger partial charge in [0.1, 0.15) is 4.34 Å². The molecule has 0 aromatic carbocycles. The van der Waals surface area contributed by atoms with E-state index in [0.717, 1.165) is 18.8 Å². The van der Waals surface area contributed by atoms with Crippen LogP contribution in [0.15, 0.2) is 15.9 Å². The Morgan fingerprint density at radius 3 is 2.86 bits per heavy atom. The third kappa shape index (κ3) is 2.97. The second-order valence-corrected chi connectivity index (χ2v) is 5.95. The zero-order chi connectivity index (χ0) is 9.80. The summed E-state index contributed by atoms with van der Waals surface area (Å²) in [6.45, 7) is 0. The lowest BCUT2D eigenvalue weighted by atomic mass is 9.89. The highest BCUT2D eigenvalue weighted by molar-refractivity contribution is 8.01. The number of thiazole rings is 1. The molecule has 1 heterocycles. The number of hydrogen-bond donors (Lipinski definition) is 1. The molecular formula is C10H15NOS2. The van der Waals surface area contributed by atoms with Crippen LogP contribution in [-0.4, -0.2) is 21.9 Å². The molecule has 2 nitrogen and oxygen atoms in total. The molecule has 0 atom stereocenters. The molecule has 1 aliphatic carbocycles. The van der Waals surface area contributed by atoms with Crippen molar-refractivity contribution in [1.29, 1.82) is 0 Å². The number of aromatic nitrogens is 1. The summed E-state index contributed by atoms with van der Waals surface area (Å²) in [6, 6.07) is 0. The van der Waals surface area contributed by atoms with Gasteiger partial charge < -0.3 is 5.11 Å². The van der Waals surface area contributed by atoms with E-state index >= 15 is 0 Å². The Balaban J connectivity index is 1.71. The minimum Gasteiger partial charge on any atom is -0.393 e. The van der Waals surface area contributed by atoms with Crippen molar-refractivity contribution in [3.05, 3.63) is 11.6 Å². The second-order valence-electron chi connectivity index (χ2n) is 3.78. The minimum absolute atomic E-state index is 0.0314. The first-order valence-corrected chi connectivity index (χ1v) is 6.91. The molecule has 14 heavy (non-hydrogen) atoms. The van der Waals surface area contributed by atoms with Gasteiger partial charge in [0.2, 0.25) is 0 Å². The quantitative estimate of drug-likeness (QED) is 0.809. The zero-order valence-corrected chi connectivity index (χ0v) is 9.69. The van der Waals surface area contributed by atoms with Crippen LogP contribution in [0.3, 0.4) is 0 Å². The van der Waals surface area contributed by atoms with Crippen LogP contribution in [-0.2, 0) is 0 Å². The molecule has 0 unspecified atom stereocenters. The molecule has 0 aliphatic heterocycles. The fourth-order valence-corrected chi connectivity index (χ4v) is 3.63. The van der Waals surface area contributed by atoms with Crippen LogP contribution in [0.2, 0.25) is 0 Å². The van der Waals surface area contributed by atoms with Crippen molar-refractivity contribution in [2.24, 2.45) is 5.92 Å². The summed E-state index contributed by atoms with van der Waals surface area (Å²) in [5.41, 5.74) is 0. The molecule has 2 rings (SSSR count). The number of aliphatic hydroxyl groups is 1. The minimum atomic E-state index is -0.0314. The molecule has 0 radical (unpaired) electrons. The van der Waals surface area contributed by atoms with Crippen LogP contribution in [0, 0.1) is 5.92 Å². The Labute approximate surface area is 92.8 Å². The summed E-state index contributed by atoms with van der Waals surface area (Å²) in [7, 11) is 0. The first-order chi connectivity index (χ1) is 6.84. The fraction of sp³-hybridized carbons (Fsp3) is 0.700. The number of thioether (sulfide) groups is 1.